The van der Waals surface area contributed by atoms with Gasteiger partial charge in [0.2, 0.25) is 0 Å². The second-order valence-electron chi connectivity index (χ2n) is 6.22. The van der Waals surface area contributed by atoms with Crippen molar-refractivity contribution in [2.24, 2.45) is 0 Å². The fraction of sp³-hybridized carbons (Fsp3) is 0.100. The van der Waals surface area contributed by atoms with Crippen LogP contribution in [0.2, 0.25) is 5.02 Å². The zero-order valence-corrected chi connectivity index (χ0v) is 16.8. The number of rotatable bonds is 5. The average molecular weight is 416 g/mol. The van der Waals surface area contributed by atoms with Gasteiger partial charge in [-0.2, -0.15) is 0 Å². The Morgan fingerprint density at radius 1 is 1.00 bits per heavy atom. The Balaban J connectivity index is 1.82. The minimum absolute atomic E-state index is 0.0664. The van der Waals surface area contributed by atoms with Gasteiger partial charge in [-0.15, -0.1) is 0 Å². The van der Waals surface area contributed by atoms with E-state index in [4.69, 9.17) is 11.6 Å². The number of amides is 1. The Labute approximate surface area is 168 Å². The van der Waals surface area contributed by atoms with E-state index >= 15 is 0 Å². The van der Waals surface area contributed by atoms with Crippen LogP contribution in [0.3, 0.4) is 0 Å². The van der Waals surface area contributed by atoms with Crippen LogP contribution in [-0.4, -0.2) is 19.3 Å². The Morgan fingerprint density at radius 3 is 2.39 bits per heavy atom. The zero-order valence-electron chi connectivity index (χ0n) is 15.2. The molecule has 3 aromatic rings. The summed E-state index contributed by atoms with van der Waals surface area (Å²) in [6.07, 6.45) is 1.35. The molecule has 0 aliphatic rings. The van der Waals surface area contributed by atoms with Gasteiger partial charge in [0.05, 0.1) is 9.92 Å². The lowest BCUT2D eigenvalue weighted by atomic mass is 10.1. The number of nitrogens with one attached hydrogen (secondary N) is 2. The number of benzene rings is 2. The van der Waals surface area contributed by atoms with Gasteiger partial charge in [0.15, 0.2) is 0 Å². The van der Waals surface area contributed by atoms with Crippen LogP contribution in [0.25, 0.3) is 0 Å². The molecule has 0 aliphatic carbocycles. The van der Waals surface area contributed by atoms with Gasteiger partial charge >= 0.3 is 0 Å². The quantitative estimate of drug-likeness (QED) is 0.646. The highest BCUT2D eigenvalue weighted by atomic mass is 35.5. The molecule has 0 atom stereocenters. The van der Waals surface area contributed by atoms with Crippen molar-refractivity contribution in [1.82, 2.24) is 4.98 Å². The van der Waals surface area contributed by atoms with Crippen molar-refractivity contribution in [2.45, 2.75) is 18.7 Å². The maximum Gasteiger partial charge on any atom is 0.263 e. The number of aromatic nitrogens is 1. The summed E-state index contributed by atoms with van der Waals surface area (Å²) in [4.78, 5) is 16.5. The Hall–Kier alpha value is -2.90. The first kappa shape index (κ1) is 19.9. The fourth-order valence-electron chi connectivity index (χ4n) is 2.63. The third-order valence-corrected chi connectivity index (χ3v) is 5.82. The molecule has 2 N–H and O–H groups in total. The molecular weight excluding hydrogens is 398 g/mol. The van der Waals surface area contributed by atoms with E-state index in [1.165, 1.54) is 36.5 Å². The normalized spacial score (nSPS) is 11.1. The number of para-hydroxylation sites is 1. The second kappa shape index (κ2) is 8.00. The van der Waals surface area contributed by atoms with Crippen molar-refractivity contribution in [2.75, 3.05) is 10.0 Å². The molecule has 0 saturated heterocycles. The van der Waals surface area contributed by atoms with Gasteiger partial charge in [-0.05, 0) is 61.4 Å². The highest BCUT2D eigenvalue weighted by Gasteiger charge is 2.19. The predicted octanol–water partition coefficient (Wildman–Crippen LogP) is 4.40. The first-order chi connectivity index (χ1) is 13.3. The van der Waals surface area contributed by atoms with Crippen LogP contribution in [0, 0.1) is 13.8 Å². The van der Waals surface area contributed by atoms with Crippen molar-refractivity contribution in [3.05, 3.63) is 82.5 Å². The lowest BCUT2D eigenvalue weighted by molar-refractivity contribution is 0.102. The third-order valence-electron chi connectivity index (χ3n) is 4.09. The van der Waals surface area contributed by atoms with Crippen molar-refractivity contribution in [1.29, 1.82) is 0 Å². The number of carbonyl (C=O) groups is 1. The molecule has 0 saturated carbocycles. The molecule has 0 aliphatic heterocycles. The molecular formula is C20H18ClN3O3S. The van der Waals surface area contributed by atoms with Gasteiger partial charge in [0.25, 0.3) is 15.9 Å². The molecule has 144 valence electrons. The molecule has 28 heavy (non-hydrogen) atoms. The van der Waals surface area contributed by atoms with Crippen molar-refractivity contribution in [3.8, 4) is 0 Å². The van der Waals surface area contributed by atoms with E-state index in [-0.39, 0.29) is 16.6 Å². The van der Waals surface area contributed by atoms with Gasteiger partial charge in [-0.1, -0.05) is 29.8 Å². The summed E-state index contributed by atoms with van der Waals surface area (Å²) in [5, 5.41) is 3.24. The monoisotopic (exact) mass is 415 g/mol. The van der Waals surface area contributed by atoms with Crippen LogP contribution in [0.4, 0.5) is 11.5 Å². The lowest BCUT2D eigenvalue weighted by Gasteiger charge is -2.12. The predicted molar refractivity (Wildman–Crippen MR) is 110 cm³/mol. The van der Waals surface area contributed by atoms with E-state index in [1.807, 2.05) is 31.2 Å². The van der Waals surface area contributed by atoms with E-state index in [9.17, 15) is 13.2 Å². The average Bonchev–Trinajstić information content (AvgIpc) is 2.65. The van der Waals surface area contributed by atoms with Gasteiger partial charge in [0, 0.05) is 17.4 Å². The maximum absolute atomic E-state index is 12.6. The molecule has 1 amide bonds. The molecule has 6 nitrogen and oxygen atoms in total. The van der Waals surface area contributed by atoms with E-state index in [2.05, 4.69) is 15.0 Å². The number of carbonyl (C=O) groups excluding carboxylic acids is 1. The maximum atomic E-state index is 12.6. The van der Waals surface area contributed by atoms with Crippen molar-refractivity contribution >= 4 is 39.0 Å². The van der Waals surface area contributed by atoms with Crippen molar-refractivity contribution in [3.63, 3.8) is 0 Å². The minimum atomic E-state index is -3.85. The van der Waals surface area contributed by atoms with Crippen LogP contribution in [0.15, 0.2) is 65.7 Å². The van der Waals surface area contributed by atoms with Gasteiger partial charge in [-0.3, -0.25) is 9.52 Å². The molecule has 1 aromatic heterocycles. The number of halogens is 1. The second-order valence-corrected chi connectivity index (χ2v) is 8.30. The molecule has 3 rings (SSSR count). The SMILES string of the molecule is Cc1ccccc1NC(=O)c1ccc(S(=O)(=O)Nc2ccc(Cl)cn2)c(C)c1. The van der Waals surface area contributed by atoms with E-state index in [0.717, 1.165) is 5.56 Å². The summed E-state index contributed by atoms with van der Waals surface area (Å²) >= 11 is 5.76. The fourth-order valence-corrected chi connectivity index (χ4v) is 3.98. The number of aryl methyl sites for hydroxylation is 2. The number of pyridine rings is 1. The van der Waals surface area contributed by atoms with Crippen LogP contribution in [-0.2, 0) is 10.0 Å². The highest BCUT2D eigenvalue weighted by Crippen LogP contribution is 2.21. The first-order valence-corrected chi connectivity index (χ1v) is 10.2. The minimum Gasteiger partial charge on any atom is -0.322 e. The molecule has 1 heterocycles. The summed E-state index contributed by atoms with van der Waals surface area (Å²) in [7, 11) is -3.85. The molecule has 0 bridgehead atoms. The summed E-state index contributed by atoms with van der Waals surface area (Å²) in [6, 6.07) is 14.9. The molecule has 0 fully saturated rings. The van der Waals surface area contributed by atoms with Gasteiger partial charge < -0.3 is 5.32 Å². The molecule has 0 radical (unpaired) electrons. The lowest BCUT2D eigenvalue weighted by Crippen LogP contribution is -2.17. The van der Waals surface area contributed by atoms with Crippen molar-refractivity contribution < 1.29 is 13.2 Å². The zero-order chi connectivity index (χ0) is 20.3. The van der Waals surface area contributed by atoms with Crippen LogP contribution in [0.5, 0.6) is 0 Å². The van der Waals surface area contributed by atoms with E-state index in [0.29, 0.717) is 21.8 Å². The van der Waals surface area contributed by atoms with E-state index < -0.39 is 10.0 Å². The Bertz CT molecular complexity index is 1130. The summed E-state index contributed by atoms with van der Waals surface area (Å²) in [5.74, 6) is -0.154. The number of anilines is 2. The van der Waals surface area contributed by atoms with Gasteiger partial charge in [-0.25, -0.2) is 13.4 Å². The molecule has 2 aromatic carbocycles. The molecule has 0 unspecified atom stereocenters. The van der Waals surface area contributed by atoms with E-state index in [1.54, 1.807) is 6.92 Å². The summed E-state index contributed by atoms with van der Waals surface area (Å²) in [5.41, 5.74) is 2.45. The standard InChI is InChI=1S/C20H18ClN3O3S/c1-13-5-3-4-6-17(13)23-20(25)15-7-9-18(14(2)11-15)28(26,27)24-19-10-8-16(21)12-22-19/h3-12H,1-2H3,(H,22,24)(H,23,25). The van der Waals surface area contributed by atoms with Gasteiger partial charge in [0.1, 0.15) is 5.82 Å². The molecule has 0 spiro atoms. The number of hydrogen-bond donors (Lipinski definition) is 2. The number of sulfonamides is 1. The smallest absolute Gasteiger partial charge is 0.263 e. The highest BCUT2D eigenvalue weighted by molar-refractivity contribution is 7.92. The van der Waals surface area contributed by atoms with Crippen LogP contribution < -0.4 is 10.0 Å². The Morgan fingerprint density at radius 2 is 1.75 bits per heavy atom. The van der Waals surface area contributed by atoms with Crippen LogP contribution in [0.1, 0.15) is 21.5 Å². The number of hydrogen-bond acceptors (Lipinski definition) is 4. The first-order valence-electron chi connectivity index (χ1n) is 8.38. The topological polar surface area (TPSA) is 88.2 Å². The number of nitrogens with zero attached hydrogens (tertiary/aromatic N) is 1. The Kier molecular flexibility index (Phi) is 5.67. The summed E-state index contributed by atoms with van der Waals surface area (Å²) in [6.45, 7) is 3.53. The molecule has 8 heteroatoms. The largest absolute Gasteiger partial charge is 0.322 e. The van der Waals surface area contributed by atoms with Crippen LogP contribution >= 0.6 is 11.6 Å². The third kappa shape index (κ3) is 4.49. The summed E-state index contributed by atoms with van der Waals surface area (Å²) < 4.78 is 27.7.